The van der Waals surface area contributed by atoms with E-state index in [4.69, 9.17) is 29.4 Å². The maximum atomic E-state index is 13.2. The number of amides is 2. The number of rotatable bonds is 13. The third kappa shape index (κ3) is 8.30. The van der Waals surface area contributed by atoms with Crippen LogP contribution >= 0.6 is 0 Å². The average Bonchev–Trinajstić information content (AvgIpc) is 3.74. The third-order valence-electron chi connectivity index (χ3n) is 7.71. The lowest BCUT2D eigenvalue weighted by molar-refractivity contribution is -0.195. The fourth-order valence-electron chi connectivity index (χ4n) is 5.49. The molecule has 18 heteroatoms. The Hall–Kier alpha value is -4.72. The molecule has 4 aromatic rings. The van der Waals surface area contributed by atoms with E-state index in [0.717, 1.165) is 11.1 Å². The molecule has 4 heterocycles. The minimum Gasteiger partial charge on any atom is -0.445 e. The van der Waals surface area contributed by atoms with Gasteiger partial charge < -0.3 is 34.7 Å². The average molecular weight is 697 g/mol. The first-order valence-corrected chi connectivity index (χ1v) is 16.8. The molecular weight excluding hydrogens is 660 g/mol. The molecule has 0 bridgehead atoms. The topological polar surface area (TPSA) is 220 Å². The number of nitrogen functional groups attached to an aromatic ring is 1. The Bertz CT molecular complexity index is 1880. The summed E-state index contributed by atoms with van der Waals surface area (Å²) in [6.07, 6.45) is -1.17. The molecule has 0 unspecified atom stereocenters. The van der Waals surface area contributed by atoms with E-state index in [1.165, 1.54) is 12.7 Å². The lowest BCUT2D eigenvalue weighted by atomic mass is 10.1. The molecule has 2 aliphatic rings. The summed E-state index contributed by atoms with van der Waals surface area (Å²) < 4.78 is 61.5. The monoisotopic (exact) mass is 696 g/mol. The van der Waals surface area contributed by atoms with Crippen molar-refractivity contribution in [3.05, 3.63) is 84.4 Å². The number of nitrogens with one attached hydrogen (secondary N) is 3. The van der Waals surface area contributed by atoms with Crippen LogP contribution in [0.2, 0.25) is 0 Å². The Morgan fingerprint density at radius 1 is 0.980 bits per heavy atom. The number of carbonyl (C=O) groups excluding carboxylic acids is 2. The van der Waals surface area contributed by atoms with Crippen LogP contribution in [0.3, 0.4) is 0 Å². The predicted molar refractivity (Wildman–Crippen MR) is 172 cm³/mol. The van der Waals surface area contributed by atoms with E-state index >= 15 is 0 Å². The number of imidazole rings is 1. The second kappa shape index (κ2) is 14.4. The van der Waals surface area contributed by atoms with E-state index < -0.39 is 58.6 Å². The smallest absolute Gasteiger partial charge is 0.408 e. The molecule has 2 aromatic carbocycles. The summed E-state index contributed by atoms with van der Waals surface area (Å²) in [6.45, 7) is 2.87. The molecule has 5 atom stereocenters. The molecule has 2 saturated heterocycles. The second-order valence-corrected chi connectivity index (χ2v) is 13.3. The molecule has 17 nitrogen and oxygen atoms in total. The van der Waals surface area contributed by atoms with Crippen molar-refractivity contribution in [2.24, 2.45) is 0 Å². The molecule has 0 radical (unpaired) electrons. The van der Waals surface area contributed by atoms with Gasteiger partial charge in [0.25, 0.3) is 5.91 Å². The first kappa shape index (κ1) is 34.2. The van der Waals surface area contributed by atoms with Crippen LogP contribution in [0.5, 0.6) is 0 Å². The van der Waals surface area contributed by atoms with Gasteiger partial charge in [-0.15, -0.1) is 0 Å². The number of fused-ring (bicyclic) bond motifs is 2. The van der Waals surface area contributed by atoms with Gasteiger partial charge in [-0.3, -0.25) is 9.36 Å². The molecule has 5 N–H and O–H groups in total. The van der Waals surface area contributed by atoms with Gasteiger partial charge in [-0.2, -0.15) is 13.1 Å². The van der Waals surface area contributed by atoms with Gasteiger partial charge in [0, 0.05) is 6.54 Å². The second-order valence-electron chi connectivity index (χ2n) is 11.8. The van der Waals surface area contributed by atoms with E-state index in [0.29, 0.717) is 11.2 Å². The summed E-state index contributed by atoms with van der Waals surface area (Å²) in [5.74, 6) is -1.87. The van der Waals surface area contributed by atoms with Gasteiger partial charge in [-0.1, -0.05) is 60.7 Å². The van der Waals surface area contributed by atoms with Crippen LogP contribution in [0.4, 0.5) is 10.6 Å². The minimum atomic E-state index is -4.48. The highest BCUT2D eigenvalue weighted by atomic mass is 32.2. The maximum absolute atomic E-state index is 13.2. The molecule has 0 saturated carbocycles. The third-order valence-corrected chi connectivity index (χ3v) is 8.73. The summed E-state index contributed by atoms with van der Waals surface area (Å²) in [7, 11) is -4.48. The van der Waals surface area contributed by atoms with Crippen LogP contribution in [0, 0.1) is 0 Å². The van der Waals surface area contributed by atoms with Crippen molar-refractivity contribution in [3.8, 4) is 0 Å². The van der Waals surface area contributed by atoms with E-state index in [1.54, 1.807) is 42.7 Å². The van der Waals surface area contributed by atoms with Crippen LogP contribution in [-0.4, -0.2) is 83.2 Å². The van der Waals surface area contributed by atoms with Crippen molar-refractivity contribution in [2.45, 2.75) is 63.4 Å². The number of anilines is 1. The summed E-state index contributed by atoms with van der Waals surface area (Å²) >= 11 is 0. The molecule has 6 rings (SSSR count). The number of aromatic nitrogens is 4. The van der Waals surface area contributed by atoms with Crippen molar-refractivity contribution in [2.75, 3.05) is 18.9 Å². The first-order valence-electron chi connectivity index (χ1n) is 15.3. The zero-order valence-corrected chi connectivity index (χ0v) is 27.4. The van der Waals surface area contributed by atoms with Crippen LogP contribution in [-0.2, 0) is 51.9 Å². The van der Waals surface area contributed by atoms with Crippen LogP contribution in [0.1, 0.15) is 31.2 Å². The van der Waals surface area contributed by atoms with Crippen molar-refractivity contribution in [3.63, 3.8) is 0 Å². The summed E-state index contributed by atoms with van der Waals surface area (Å²) in [4.78, 5) is 38.4. The molecule has 2 aromatic heterocycles. The zero-order valence-electron chi connectivity index (χ0n) is 26.6. The Morgan fingerprint density at radius 3 is 2.37 bits per heavy atom. The van der Waals surface area contributed by atoms with Crippen molar-refractivity contribution < 1.29 is 41.7 Å². The number of alkyl carbamates (subject to hydrolysis) is 1. The summed E-state index contributed by atoms with van der Waals surface area (Å²) in [6, 6.07) is 16.6. The van der Waals surface area contributed by atoms with Crippen molar-refractivity contribution >= 4 is 39.2 Å². The van der Waals surface area contributed by atoms with Crippen molar-refractivity contribution in [1.82, 2.24) is 34.3 Å². The van der Waals surface area contributed by atoms with E-state index in [1.807, 2.05) is 41.1 Å². The highest BCUT2D eigenvalue weighted by molar-refractivity contribution is 7.88. The van der Waals surface area contributed by atoms with Gasteiger partial charge in [0.15, 0.2) is 23.5 Å². The van der Waals surface area contributed by atoms with E-state index in [-0.39, 0.29) is 32.2 Å². The minimum absolute atomic E-state index is 0.0614. The number of nitrogens with zero attached hydrogens (tertiary/aromatic N) is 4. The van der Waals surface area contributed by atoms with Crippen molar-refractivity contribution in [1.29, 1.82) is 0 Å². The fourth-order valence-corrected chi connectivity index (χ4v) is 6.36. The predicted octanol–water partition coefficient (Wildman–Crippen LogP) is 1.29. The number of benzene rings is 2. The van der Waals surface area contributed by atoms with Gasteiger partial charge in [-0.05, 0) is 25.0 Å². The highest BCUT2D eigenvalue weighted by Crippen LogP contribution is 2.43. The van der Waals surface area contributed by atoms with Gasteiger partial charge in [0.2, 0.25) is 0 Å². The largest absolute Gasteiger partial charge is 0.445 e. The summed E-state index contributed by atoms with van der Waals surface area (Å²) in [5.41, 5.74) is 8.25. The quantitative estimate of drug-likeness (QED) is 0.155. The molecular formula is C31H36N8O9S. The number of carbonyl (C=O) groups is 2. The normalized spacial score (nSPS) is 22.0. The van der Waals surface area contributed by atoms with Gasteiger partial charge in [-0.25, -0.2) is 24.5 Å². The standard InChI is InChI=1S/C31H36N8O9S/c1-31(2)47-24-22(46-29(25(24)48-31)39-18-35-23-26(32)33-17-34-27(23)39)13-36-49(42,43)38-28(40)21(16-44-14-19-9-5-3-6-10-19)37-30(41)45-15-20-11-7-4-8-12-20/h3-12,17-18,21-22,24-25,29,36H,13-16H2,1-2H3,(H,37,41)(H,38,40)(H2,32,33,34)/t21-,22+,24+,25+,29+/m0/s1. The fraction of sp³-hybridized carbons (Fsp3) is 0.387. The Morgan fingerprint density at radius 2 is 1.65 bits per heavy atom. The molecule has 0 spiro atoms. The Kier molecular flexibility index (Phi) is 10.0. The number of hydrogen-bond donors (Lipinski definition) is 4. The van der Waals surface area contributed by atoms with Gasteiger partial charge in [0.1, 0.15) is 42.8 Å². The number of ether oxygens (including phenoxy) is 5. The van der Waals surface area contributed by atoms with Gasteiger partial charge in [0.05, 0.1) is 19.5 Å². The molecule has 2 aliphatic heterocycles. The van der Waals surface area contributed by atoms with Gasteiger partial charge >= 0.3 is 16.3 Å². The Balaban J connectivity index is 1.10. The molecule has 2 fully saturated rings. The lowest BCUT2D eigenvalue weighted by Crippen LogP contribution is -2.54. The molecule has 0 aliphatic carbocycles. The van der Waals surface area contributed by atoms with Crippen LogP contribution in [0.25, 0.3) is 11.2 Å². The zero-order chi connectivity index (χ0) is 34.6. The SMILES string of the molecule is CC1(C)O[C@@H]2[C@H](O1)[C@@H](CNS(=O)(=O)NC(=O)[C@H](COCc1ccccc1)NC(=O)OCc1ccccc1)O[C@H]2n1cnc2c(N)ncnc21. The highest BCUT2D eigenvalue weighted by Gasteiger charge is 2.56. The summed E-state index contributed by atoms with van der Waals surface area (Å²) in [5, 5.41) is 2.39. The van der Waals surface area contributed by atoms with Crippen LogP contribution < -0.4 is 20.5 Å². The number of hydrogen-bond acceptors (Lipinski definition) is 13. The first-order chi connectivity index (χ1) is 23.5. The number of nitrogens with two attached hydrogens (primary N) is 1. The van der Waals surface area contributed by atoms with E-state index in [9.17, 15) is 18.0 Å². The molecule has 49 heavy (non-hydrogen) atoms. The van der Waals surface area contributed by atoms with E-state index in [2.05, 4.69) is 25.0 Å². The molecule has 260 valence electrons. The Labute approximate surface area is 281 Å². The lowest BCUT2D eigenvalue weighted by Gasteiger charge is -2.25. The molecule has 2 amide bonds. The van der Waals surface area contributed by atoms with Crippen LogP contribution in [0.15, 0.2) is 73.3 Å². The maximum Gasteiger partial charge on any atom is 0.408 e.